The van der Waals surface area contributed by atoms with Gasteiger partial charge in [-0.15, -0.1) is 0 Å². The third-order valence-electron chi connectivity index (χ3n) is 1.77. The van der Waals surface area contributed by atoms with Crippen molar-refractivity contribution >= 4 is 10.7 Å². The molecule has 1 radical (unpaired) electrons. The minimum Gasteiger partial charge on any atom is -0.420 e. The molecule has 75 valence electrons. The average Bonchev–Trinajstić information content (AvgIpc) is 1.82. The van der Waals surface area contributed by atoms with Gasteiger partial charge < -0.3 is 8.42 Å². The van der Waals surface area contributed by atoms with Crippen molar-refractivity contribution < 1.29 is 25.2 Å². The summed E-state index contributed by atoms with van der Waals surface area (Å²) in [5, 5.41) is 0. The smallest absolute Gasteiger partial charge is 0 e. The van der Waals surface area contributed by atoms with Gasteiger partial charge in [0.15, 0.2) is 0 Å². The van der Waals surface area contributed by atoms with Crippen LogP contribution in [0.25, 0.3) is 0 Å². The third kappa shape index (κ3) is 2.82. The van der Waals surface area contributed by atoms with Crippen LogP contribution in [0.1, 0.15) is 16.7 Å². The number of hydrogen-bond acceptors (Lipinski definition) is 3. The molecule has 0 bridgehead atoms. The van der Waals surface area contributed by atoms with Gasteiger partial charge in [0.1, 0.15) is 0 Å². The molecule has 0 amide bonds. The van der Waals surface area contributed by atoms with Crippen molar-refractivity contribution in [2.24, 2.45) is 0 Å². The zero-order chi connectivity index (χ0) is 9.30. The Morgan fingerprint density at radius 1 is 1.00 bits per heavy atom. The first-order chi connectivity index (χ1) is 5.52. The van der Waals surface area contributed by atoms with Gasteiger partial charge in [0.2, 0.25) is 0 Å². The second-order valence-electron chi connectivity index (χ2n) is 2.96. The normalized spacial score (nSPS) is 9.85. The van der Waals surface area contributed by atoms with Crippen LogP contribution in [0.3, 0.4) is 0 Å². The van der Waals surface area contributed by atoms with Crippen LogP contribution in [0.15, 0.2) is 17.0 Å². The van der Waals surface area contributed by atoms with Crippen LogP contribution < -0.4 is 0 Å². The van der Waals surface area contributed by atoms with Gasteiger partial charge in [0.05, 0.1) is 0 Å². The van der Waals surface area contributed by atoms with E-state index in [1.807, 2.05) is 32.9 Å². The fourth-order valence-electron chi connectivity index (χ4n) is 1.43. The fraction of sp³-hybridized carbons (Fsp3) is 0.333. The second kappa shape index (κ2) is 4.79. The molecule has 1 aromatic rings. The topological polar surface area (TPSA) is 34.1 Å². The monoisotopic (exact) mass is 242 g/mol. The molecule has 0 spiro atoms. The SMILES string of the molecule is Cc1cc(C)c([S-](=O)=O)c(C)c1.[Co]. The number of hydrogen-bond donors (Lipinski definition) is 0. The molecule has 1 aromatic carbocycles. The quantitative estimate of drug-likeness (QED) is 0.708. The predicted octanol–water partition coefficient (Wildman–Crippen LogP) is 2.28. The molecule has 2 nitrogen and oxygen atoms in total. The minimum atomic E-state index is -2.11. The van der Waals surface area contributed by atoms with Crippen molar-refractivity contribution in [1.29, 1.82) is 0 Å². The molecule has 0 atom stereocenters. The van der Waals surface area contributed by atoms with E-state index in [2.05, 4.69) is 0 Å². The first-order valence-corrected chi connectivity index (χ1v) is 4.77. The van der Waals surface area contributed by atoms with Crippen molar-refractivity contribution in [2.75, 3.05) is 0 Å². The maximum atomic E-state index is 10.8. The van der Waals surface area contributed by atoms with Gasteiger partial charge in [0.25, 0.3) is 0 Å². The zero-order valence-corrected chi connectivity index (χ0v) is 9.57. The summed E-state index contributed by atoms with van der Waals surface area (Å²) in [4.78, 5) is 0.431. The van der Waals surface area contributed by atoms with Gasteiger partial charge in [-0.1, -0.05) is 33.7 Å². The summed E-state index contributed by atoms with van der Waals surface area (Å²) in [6.45, 7) is 5.58. The van der Waals surface area contributed by atoms with Crippen molar-refractivity contribution in [3.63, 3.8) is 0 Å². The Bertz CT molecular complexity index is 352. The molecule has 0 aliphatic carbocycles. The molecule has 0 unspecified atom stereocenters. The molecule has 0 aliphatic heterocycles. The molecule has 1 rings (SSSR count). The first-order valence-electron chi connectivity index (χ1n) is 3.69. The van der Waals surface area contributed by atoms with Gasteiger partial charge in [-0.2, -0.15) is 0 Å². The molecular formula is C9H11CoO2S-. The van der Waals surface area contributed by atoms with Crippen LogP contribution in [-0.4, -0.2) is 0 Å². The van der Waals surface area contributed by atoms with Crippen LogP contribution in [0.5, 0.6) is 0 Å². The second-order valence-corrected chi connectivity index (χ2v) is 3.84. The predicted molar refractivity (Wildman–Crippen MR) is 47.7 cm³/mol. The van der Waals surface area contributed by atoms with E-state index in [1.165, 1.54) is 0 Å². The number of benzene rings is 1. The molecule has 0 saturated carbocycles. The van der Waals surface area contributed by atoms with E-state index in [9.17, 15) is 8.42 Å². The maximum absolute atomic E-state index is 10.8. The molecule has 0 heterocycles. The summed E-state index contributed by atoms with van der Waals surface area (Å²) in [6, 6.07) is 3.75. The van der Waals surface area contributed by atoms with E-state index in [1.54, 1.807) is 0 Å². The Balaban J connectivity index is 0.00000144. The van der Waals surface area contributed by atoms with Crippen LogP contribution in [0, 0.1) is 20.8 Å². The van der Waals surface area contributed by atoms with E-state index in [-0.39, 0.29) is 16.8 Å². The van der Waals surface area contributed by atoms with E-state index in [4.69, 9.17) is 0 Å². The standard InChI is InChI=1S/C9H11O2S.Co/c1-6-4-7(2)9(12(10)11)8(3)5-6;/h4-5H,1-3H3;/q-1;. The Labute approximate surface area is 90.5 Å². The Morgan fingerprint density at radius 2 is 1.38 bits per heavy atom. The van der Waals surface area contributed by atoms with E-state index >= 15 is 0 Å². The third-order valence-corrected chi connectivity index (χ3v) is 2.75. The van der Waals surface area contributed by atoms with E-state index < -0.39 is 10.7 Å². The van der Waals surface area contributed by atoms with Crippen LogP contribution >= 0.6 is 0 Å². The summed E-state index contributed by atoms with van der Waals surface area (Å²) in [5.74, 6) is 0. The Morgan fingerprint density at radius 3 is 1.69 bits per heavy atom. The first kappa shape index (κ1) is 12.7. The van der Waals surface area contributed by atoms with E-state index in [0.717, 1.165) is 16.7 Å². The average molecular weight is 242 g/mol. The van der Waals surface area contributed by atoms with E-state index in [0.29, 0.717) is 4.90 Å². The number of aryl methyl sites for hydroxylation is 3. The summed E-state index contributed by atoms with van der Waals surface area (Å²) >= 11 is 0. The molecule has 0 N–H and O–H groups in total. The zero-order valence-electron chi connectivity index (χ0n) is 7.71. The minimum absolute atomic E-state index is 0. The summed E-state index contributed by atoms with van der Waals surface area (Å²) in [6.07, 6.45) is 0. The summed E-state index contributed by atoms with van der Waals surface area (Å²) < 4.78 is 21.5. The van der Waals surface area contributed by atoms with Gasteiger partial charge in [0, 0.05) is 16.8 Å². The largest absolute Gasteiger partial charge is 0.420 e. The maximum Gasteiger partial charge on any atom is 0 e. The summed E-state index contributed by atoms with van der Waals surface area (Å²) in [5.41, 5.74) is 2.74. The Hall–Kier alpha value is -0.324. The van der Waals surface area contributed by atoms with Crippen molar-refractivity contribution in [2.45, 2.75) is 25.7 Å². The molecule has 4 heteroatoms. The summed E-state index contributed by atoms with van der Waals surface area (Å²) in [7, 11) is -2.11. The molecule has 0 saturated heterocycles. The molecule has 0 fully saturated rings. The molecule has 13 heavy (non-hydrogen) atoms. The van der Waals surface area contributed by atoms with Gasteiger partial charge in [-0.05, 0) is 31.5 Å². The molecule has 0 aliphatic rings. The van der Waals surface area contributed by atoms with Crippen molar-refractivity contribution in [1.82, 2.24) is 0 Å². The fourth-order valence-corrected chi connectivity index (χ4v) is 2.07. The number of rotatable bonds is 1. The van der Waals surface area contributed by atoms with Crippen LogP contribution in [0.4, 0.5) is 0 Å². The molecule has 0 aromatic heterocycles. The Kier molecular flexibility index (Phi) is 4.67. The molecular weight excluding hydrogens is 231 g/mol. The van der Waals surface area contributed by atoms with Gasteiger partial charge in [-0.3, -0.25) is 0 Å². The van der Waals surface area contributed by atoms with Crippen molar-refractivity contribution in [3.8, 4) is 0 Å². The van der Waals surface area contributed by atoms with Gasteiger partial charge >= 0.3 is 0 Å². The van der Waals surface area contributed by atoms with Gasteiger partial charge in [-0.25, -0.2) is 0 Å². The van der Waals surface area contributed by atoms with Crippen LogP contribution in [-0.2, 0) is 35.9 Å². The van der Waals surface area contributed by atoms with Crippen molar-refractivity contribution in [3.05, 3.63) is 28.8 Å². The van der Waals surface area contributed by atoms with Crippen LogP contribution in [0.2, 0.25) is 0 Å².